The van der Waals surface area contributed by atoms with Gasteiger partial charge in [-0.1, -0.05) is 50.1 Å². The molecule has 2 nitrogen and oxygen atoms in total. The van der Waals surface area contributed by atoms with Crippen molar-refractivity contribution < 1.29 is 22.6 Å². The third-order valence-corrected chi connectivity index (χ3v) is 7.35. The molecule has 1 saturated carbocycles. The van der Waals surface area contributed by atoms with Crippen LogP contribution in [-0.2, 0) is 6.42 Å². The molecule has 1 aliphatic rings. The van der Waals surface area contributed by atoms with Crippen LogP contribution < -0.4 is 9.47 Å². The van der Waals surface area contributed by atoms with Crippen LogP contribution in [0.25, 0.3) is 11.1 Å². The molecular weight excluding hydrogens is 461 g/mol. The SMILES string of the molecule is CCCCCc1ccc(-c2ccc(OCC3CCC(c4ccc(OC)cc4F)CC3)c(F)c2F)cc1. The van der Waals surface area contributed by atoms with Crippen LogP contribution in [-0.4, -0.2) is 13.7 Å². The first-order valence-corrected chi connectivity index (χ1v) is 13.0. The number of ether oxygens (including phenoxy) is 2. The van der Waals surface area contributed by atoms with Crippen molar-refractivity contribution in [3.8, 4) is 22.6 Å². The maximum Gasteiger partial charge on any atom is 0.201 e. The van der Waals surface area contributed by atoms with E-state index in [0.717, 1.165) is 38.5 Å². The van der Waals surface area contributed by atoms with Crippen LogP contribution in [0.5, 0.6) is 11.5 Å². The number of aryl methyl sites for hydroxylation is 1. The molecule has 192 valence electrons. The van der Waals surface area contributed by atoms with E-state index in [0.29, 0.717) is 23.5 Å². The highest BCUT2D eigenvalue weighted by atomic mass is 19.2. The molecule has 0 radical (unpaired) electrons. The van der Waals surface area contributed by atoms with Gasteiger partial charge >= 0.3 is 0 Å². The van der Waals surface area contributed by atoms with E-state index in [4.69, 9.17) is 9.47 Å². The largest absolute Gasteiger partial charge is 0.497 e. The lowest BCUT2D eigenvalue weighted by Gasteiger charge is -2.29. The third-order valence-electron chi connectivity index (χ3n) is 7.35. The highest BCUT2D eigenvalue weighted by molar-refractivity contribution is 5.65. The van der Waals surface area contributed by atoms with E-state index in [-0.39, 0.29) is 29.0 Å². The predicted octanol–water partition coefficient (Wildman–Crippen LogP) is 8.87. The van der Waals surface area contributed by atoms with Crippen molar-refractivity contribution in [2.75, 3.05) is 13.7 Å². The van der Waals surface area contributed by atoms with Gasteiger partial charge in [-0.15, -0.1) is 0 Å². The molecule has 1 aliphatic carbocycles. The normalized spacial score (nSPS) is 17.7. The summed E-state index contributed by atoms with van der Waals surface area (Å²) < 4.78 is 54.9. The Hall–Kier alpha value is -2.95. The first-order valence-electron chi connectivity index (χ1n) is 13.0. The summed E-state index contributed by atoms with van der Waals surface area (Å²) in [4.78, 5) is 0. The summed E-state index contributed by atoms with van der Waals surface area (Å²) in [5.41, 5.74) is 2.81. The summed E-state index contributed by atoms with van der Waals surface area (Å²) >= 11 is 0. The molecule has 4 rings (SSSR count). The highest BCUT2D eigenvalue weighted by Crippen LogP contribution is 2.38. The van der Waals surface area contributed by atoms with Gasteiger partial charge in [-0.2, -0.15) is 4.39 Å². The number of unbranched alkanes of at least 4 members (excludes halogenated alkanes) is 2. The second-order valence-electron chi connectivity index (χ2n) is 9.81. The monoisotopic (exact) mass is 496 g/mol. The van der Waals surface area contributed by atoms with E-state index in [2.05, 4.69) is 6.92 Å². The first kappa shape index (κ1) is 26.1. The molecule has 0 bridgehead atoms. The summed E-state index contributed by atoms with van der Waals surface area (Å²) in [6.45, 7) is 2.49. The fraction of sp³-hybridized carbons (Fsp3) is 0.419. The average Bonchev–Trinajstić information content (AvgIpc) is 2.90. The van der Waals surface area contributed by atoms with Gasteiger partial charge in [-0.3, -0.25) is 0 Å². The summed E-state index contributed by atoms with van der Waals surface area (Å²) in [5, 5.41) is 0. The highest BCUT2D eigenvalue weighted by Gasteiger charge is 2.25. The number of rotatable bonds is 10. The van der Waals surface area contributed by atoms with E-state index >= 15 is 0 Å². The van der Waals surface area contributed by atoms with Gasteiger partial charge in [0.05, 0.1) is 13.7 Å². The zero-order chi connectivity index (χ0) is 25.5. The van der Waals surface area contributed by atoms with Crippen LogP contribution in [0.3, 0.4) is 0 Å². The van der Waals surface area contributed by atoms with Gasteiger partial charge in [0, 0.05) is 11.6 Å². The van der Waals surface area contributed by atoms with E-state index in [1.807, 2.05) is 24.3 Å². The third kappa shape index (κ3) is 6.24. The summed E-state index contributed by atoms with van der Waals surface area (Å²) in [6.07, 6.45) is 7.85. The standard InChI is InChI=1S/C31H35F3O2/c1-3-4-5-6-21-7-11-24(12-8-21)27-17-18-29(31(34)30(27)33)36-20-22-9-13-23(14-10-22)26-16-15-25(35-2)19-28(26)32/h7-8,11-12,15-19,22-23H,3-6,9-10,13-14,20H2,1-2H3. The van der Waals surface area contributed by atoms with Crippen LogP contribution in [0.15, 0.2) is 54.6 Å². The lowest BCUT2D eigenvalue weighted by Crippen LogP contribution is -2.20. The van der Waals surface area contributed by atoms with Crippen molar-refractivity contribution in [1.82, 2.24) is 0 Å². The quantitative estimate of drug-likeness (QED) is 0.261. The van der Waals surface area contributed by atoms with Crippen molar-refractivity contribution in [2.24, 2.45) is 5.92 Å². The smallest absolute Gasteiger partial charge is 0.201 e. The second kappa shape index (κ2) is 12.3. The van der Waals surface area contributed by atoms with Crippen LogP contribution in [0.4, 0.5) is 13.2 Å². The average molecular weight is 497 g/mol. The molecule has 0 N–H and O–H groups in total. The minimum absolute atomic E-state index is 0.0595. The van der Waals surface area contributed by atoms with Crippen LogP contribution in [0.1, 0.15) is 68.9 Å². The molecule has 0 heterocycles. The molecule has 0 spiro atoms. The topological polar surface area (TPSA) is 18.5 Å². The van der Waals surface area contributed by atoms with Crippen LogP contribution in [0.2, 0.25) is 0 Å². The van der Waals surface area contributed by atoms with Gasteiger partial charge < -0.3 is 9.47 Å². The molecule has 0 saturated heterocycles. The fourth-order valence-electron chi connectivity index (χ4n) is 5.11. The Balaban J connectivity index is 1.32. The lowest BCUT2D eigenvalue weighted by molar-refractivity contribution is 0.192. The van der Waals surface area contributed by atoms with Gasteiger partial charge in [0.15, 0.2) is 11.6 Å². The Morgan fingerprint density at radius 2 is 1.58 bits per heavy atom. The Morgan fingerprint density at radius 1 is 0.833 bits per heavy atom. The minimum Gasteiger partial charge on any atom is -0.497 e. The number of halogens is 3. The molecule has 5 heteroatoms. The van der Waals surface area contributed by atoms with Crippen molar-refractivity contribution >= 4 is 0 Å². The molecule has 36 heavy (non-hydrogen) atoms. The Labute approximate surface area is 212 Å². The summed E-state index contributed by atoms with van der Waals surface area (Å²) in [5.74, 6) is -1.24. The van der Waals surface area contributed by atoms with E-state index in [1.165, 1.54) is 37.6 Å². The van der Waals surface area contributed by atoms with Gasteiger partial charge in [-0.05, 0) is 85.3 Å². The van der Waals surface area contributed by atoms with Crippen LogP contribution in [0, 0.1) is 23.4 Å². The molecule has 0 unspecified atom stereocenters. The number of hydrogen-bond donors (Lipinski definition) is 0. The van der Waals surface area contributed by atoms with Gasteiger partial charge in [0.2, 0.25) is 5.82 Å². The number of methoxy groups -OCH3 is 1. The van der Waals surface area contributed by atoms with E-state index < -0.39 is 11.6 Å². The minimum atomic E-state index is -0.950. The molecular formula is C31H35F3O2. The molecule has 0 amide bonds. The predicted molar refractivity (Wildman–Crippen MR) is 138 cm³/mol. The molecule has 3 aromatic rings. The molecule has 0 aliphatic heterocycles. The molecule has 3 aromatic carbocycles. The van der Waals surface area contributed by atoms with Crippen molar-refractivity contribution in [3.63, 3.8) is 0 Å². The van der Waals surface area contributed by atoms with Crippen molar-refractivity contribution in [3.05, 3.63) is 83.2 Å². The molecule has 0 atom stereocenters. The second-order valence-corrected chi connectivity index (χ2v) is 9.81. The summed E-state index contributed by atoms with van der Waals surface area (Å²) in [7, 11) is 1.52. The molecule has 1 fully saturated rings. The van der Waals surface area contributed by atoms with Crippen molar-refractivity contribution in [2.45, 2.75) is 64.2 Å². The van der Waals surface area contributed by atoms with Gasteiger partial charge in [0.25, 0.3) is 0 Å². The maximum atomic E-state index is 14.9. The van der Waals surface area contributed by atoms with Crippen molar-refractivity contribution in [1.29, 1.82) is 0 Å². The Morgan fingerprint density at radius 3 is 2.25 bits per heavy atom. The van der Waals surface area contributed by atoms with Gasteiger partial charge in [-0.25, -0.2) is 8.78 Å². The van der Waals surface area contributed by atoms with Gasteiger partial charge in [0.1, 0.15) is 11.6 Å². The zero-order valence-corrected chi connectivity index (χ0v) is 21.2. The van der Waals surface area contributed by atoms with Crippen LogP contribution >= 0.6 is 0 Å². The zero-order valence-electron chi connectivity index (χ0n) is 21.2. The fourth-order valence-corrected chi connectivity index (χ4v) is 5.11. The Kier molecular flexibility index (Phi) is 8.95. The van der Waals surface area contributed by atoms with E-state index in [9.17, 15) is 13.2 Å². The summed E-state index contributed by atoms with van der Waals surface area (Å²) in [6, 6.07) is 15.8. The number of benzene rings is 3. The maximum absolute atomic E-state index is 14.9. The molecule has 0 aromatic heterocycles. The number of hydrogen-bond acceptors (Lipinski definition) is 2. The lowest BCUT2D eigenvalue weighted by atomic mass is 9.79. The first-order chi connectivity index (χ1) is 17.5. The van der Waals surface area contributed by atoms with E-state index in [1.54, 1.807) is 18.2 Å². The Bertz CT molecular complexity index is 1140.